The third-order valence-corrected chi connectivity index (χ3v) is 4.32. The van der Waals surface area contributed by atoms with Crippen LogP contribution in [0.15, 0.2) is 48.0 Å². The van der Waals surface area contributed by atoms with Gasteiger partial charge in [0, 0.05) is 25.5 Å². The van der Waals surface area contributed by atoms with Gasteiger partial charge in [-0.25, -0.2) is 0 Å². The average Bonchev–Trinajstić information content (AvgIpc) is 3.43. The number of aromatic nitrogens is 4. The monoisotopic (exact) mass is 420 g/mol. The molecule has 1 fully saturated rings. The third-order valence-electron chi connectivity index (χ3n) is 4.32. The zero-order chi connectivity index (χ0) is 21.9. The summed E-state index contributed by atoms with van der Waals surface area (Å²) in [6.07, 6.45) is -2.19. The van der Waals surface area contributed by atoms with E-state index in [1.165, 1.54) is 16.8 Å². The second kappa shape index (κ2) is 8.39. The summed E-state index contributed by atoms with van der Waals surface area (Å²) in [5.74, 6) is 0.0774. The highest BCUT2D eigenvalue weighted by molar-refractivity contribution is 5.84. The maximum Gasteiger partial charge on any atom is 0.416 e. The Kier molecular flexibility index (Phi) is 5.90. The zero-order valence-electron chi connectivity index (χ0n) is 16.0. The lowest BCUT2D eigenvalue weighted by atomic mass is 10.1. The number of aryl methyl sites for hydroxylation is 1. The molecule has 30 heavy (non-hydrogen) atoms. The Hall–Kier alpha value is -3.63. The molecule has 0 radical (unpaired) electrons. The molecule has 1 aliphatic heterocycles. The minimum Gasteiger partial charge on any atom is -0.420 e. The van der Waals surface area contributed by atoms with Gasteiger partial charge >= 0.3 is 6.18 Å². The number of rotatable bonds is 4. The van der Waals surface area contributed by atoms with E-state index in [2.05, 4.69) is 39.1 Å². The summed E-state index contributed by atoms with van der Waals surface area (Å²) in [5.41, 5.74) is 0.151. The number of hydrogen-bond donors (Lipinski definition) is 2. The highest BCUT2D eigenvalue weighted by Crippen LogP contribution is 2.33. The summed E-state index contributed by atoms with van der Waals surface area (Å²) < 4.78 is 45.3. The van der Waals surface area contributed by atoms with Crippen molar-refractivity contribution in [2.75, 3.05) is 11.9 Å². The third kappa shape index (κ3) is 4.34. The molecule has 11 heteroatoms. The quantitative estimate of drug-likeness (QED) is 0.626. The lowest BCUT2D eigenvalue weighted by molar-refractivity contribution is -0.137. The Morgan fingerprint density at radius 3 is 2.53 bits per heavy atom. The smallest absolute Gasteiger partial charge is 0.416 e. The van der Waals surface area contributed by atoms with Crippen LogP contribution in [0, 0.1) is 0 Å². The van der Waals surface area contributed by atoms with Crippen molar-refractivity contribution in [2.24, 2.45) is 7.05 Å². The molecular formula is C19H19F3N6O2. The first-order valence-corrected chi connectivity index (χ1v) is 8.90. The molecule has 0 spiro atoms. The van der Waals surface area contributed by atoms with Crippen molar-refractivity contribution in [1.29, 1.82) is 0 Å². The molecule has 1 aromatic carbocycles. The topological polar surface area (TPSA) is 97.9 Å². The first-order valence-electron chi connectivity index (χ1n) is 8.90. The van der Waals surface area contributed by atoms with Crippen LogP contribution in [0.25, 0.3) is 11.5 Å². The Morgan fingerprint density at radius 1 is 1.23 bits per heavy atom. The zero-order valence-corrected chi connectivity index (χ0v) is 16.0. The number of carbonyl (C=O) groups excluding carboxylic acids is 1. The van der Waals surface area contributed by atoms with Gasteiger partial charge in [-0.2, -0.15) is 18.3 Å². The lowest BCUT2D eigenvalue weighted by Crippen LogP contribution is -2.18. The molecule has 1 saturated heterocycles. The number of hydrogen-bond acceptors (Lipinski definition) is 6. The molecule has 1 atom stereocenters. The van der Waals surface area contributed by atoms with Crippen LogP contribution in [-0.2, 0) is 18.0 Å². The maximum atomic E-state index is 12.7. The Bertz CT molecular complexity index is 1030. The first kappa shape index (κ1) is 21.1. The van der Waals surface area contributed by atoms with Crippen molar-refractivity contribution in [3.05, 3.63) is 55.1 Å². The second-order valence-electron chi connectivity index (χ2n) is 6.34. The highest BCUT2D eigenvalue weighted by atomic mass is 19.4. The Morgan fingerprint density at radius 2 is 1.93 bits per heavy atom. The fraction of sp³-hybridized carbons (Fsp3) is 0.263. The van der Waals surface area contributed by atoms with Crippen LogP contribution in [0.1, 0.15) is 23.8 Å². The van der Waals surface area contributed by atoms with Gasteiger partial charge in [-0.05, 0) is 30.7 Å². The summed E-state index contributed by atoms with van der Waals surface area (Å²) in [6.45, 7) is 6.55. The van der Waals surface area contributed by atoms with E-state index in [9.17, 15) is 18.0 Å². The number of carbonyl (C=O) groups is 1. The summed E-state index contributed by atoms with van der Waals surface area (Å²) >= 11 is 0. The molecular weight excluding hydrogens is 401 g/mol. The molecule has 0 unspecified atom stereocenters. The van der Waals surface area contributed by atoms with E-state index in [0.717, 1.165) is 12.1 Å². The Labute approximate surface area is 169 Å². The van der Waals surface area contributed by atoms with Gasteiger partial charge in [0.1, 0.15) is 11.5 Å². The molecule has 1 aliphatic rings. The van der Waals surface area contributed by atoms with Crippen LogP contribution in [0.4, 0.5) is 24.7 Å². The van der Waals surface area contributed by atoms with Gasteiger partial charge in [0.05, 0.1) is 5.56 Å². The van der Waals surface area contributed by atoms with Gasteiger partial charge in [0.2, 0.25) is 11.8 Å². The van der Waals surface area contributed by atoms with E-state index in [1.54, 1.807) is 13.2 Å². The fourth-order valence-electron chi connectivity index (χ4n) is 2.93. The molecule has 4 rings (SSSR count). The summed E-state index contributed by atoms with van der Waals surface area (Å²) in [6, 6.07) is 4.58. The SMILES string of the molecule is C=C.Cn1cc(-c2nnc([C@H]3CCNC3=O)o2)c(Nc2ccc(C(F)(F)F)cc2)n1. The van der Waals surface area contributed by atoms with E-state index < -0.39 is 17.7 Å². The van der Waals surface area contributed by atoms with Crippen molar-refractivity contribution in [1.82, 2.24) is 25.3 Å². The molecule has 0 aliphatic carbocycles. The highest BCUT2D eigenvalue weighted by Gasteiger charge is 2.32. The average molecular weight is 420 g/mol. The van der Waals surface area contributed by atoms with E-state index in [-0.39, 0.29) is 17.7 Å². The fourth-order valence-corrected chi connectivity index (χ4v) is 2.93. The molecule has 3 aromatic rings. The van der Waals surface area contributed by atoms with Crippen molar-refractivity contribution in [3.63, 3.8) is 0 Å². The molecule has 0 saturated carbocycles. The molecule has 158 valence electrons. The first-order chi connectivity index (χ1) is 14.3. The second-order valence-corrected chi connectivity index (χ2v) is 6.34. The van der Waals surface area contributed by atoms with Gasteiger partial charge in [-0.3, -0.25) is 9.48 Å². The number of amides is 1. The van der Waals surface area contributed by atoms with Crippen molar-refractivity contribution in [3.8, 4) is 11.5 Å². The normalized spacial score (nSPS) is 16.0. The predicted octanol–water partition coefficient (Wildman–Crippen LogP) is 3.64. The molecule has 0 bridgehead atoms. The van der Waals surface area contributed by atoms with Crippen LogP contribution in [0.2, 0.25) is 0 Å². The van der Waals surface area contributed by atoms with Crippen molar-refractivity contribution < 1.29 is 22.4 Å². The number of halogens is 3. The summed E-state index contributed by atoms with van der Waals surface area (Å²) in [7, 11) is 1.68. The summed E-state index contributed by atoms with van der Waals surface area (Å²) in [5, 5.41) is 17.9. The molecule has 1 amide bonds. The molecule has 8 nitrogen and oxygen atoms in total. The van der Waals surface area contributed by atoms with Crippen LogP contribution in [0.3, 0.4) is 0 Å². The van der Waals surface area contributed by atoms with Crippen molar-refractivity contribution in [2.45, 2.75) is 18.5 Å². The molecule has 2 aromatic heterocycles. The van der Waals surface area contributed by atoms with Gasteiger partial charge in [-0.1, -0.05) is 0 Å². The predicted molar refractivity (Wildman–Crippen MR) is 103 cm³/mol. The van der Waals surface area contributed by atoms with Gasteiger partial charge in [0.25, 0.3) is 5.89 Å². The van der Waals surface area contributed by atoms with Gasteiger partial charge in [-0.15, -0.1) is 23.4 Å². The van der Waals surface area contributed by atoms with E-state index in [4.69, 9.17) is 4.42 Å². The number of anilines is 2. The summed E-state index contributed by atoms with van der Waals surface area (Å²) in [4.78, 5) is 11.8. The molecule has 3 heterocycles. The van der Waals surface area contributed by atoms with Crippen LogP contribution < -0.4 is 10.6 Å². The van der Waals surface area contributed by atoms with Crippen LogP contribution in [-0.4, -0.2) is 32.4 Å². The van der Waals surface area contributed by atoms with E-state index in [0.29, 0.717) is 30.0 Å². The van der Waals surface area contributed by atoms with Crippen LogP contribution >= 0.6 is 0 Å². The van der Waals surface area contributed by atoms with Crippen LogP contribution in [0.5, 0.6) is 0 Å². The lowest BCUT2D eigenvalue weighted by Gasteiger charge is -2.08. The van der Waals surface area contributed by atoms with Crippen molar-refractivity contribution >= 4 is 17.4 Å². The number of alkyl halides is 3. The van der Waals surface area contributed by atoms with E-state index in [1.807, 2.05) is 0 Å². The number of nitrogens with one attached hydrogen (secondary N) is 2. The Balaban J connectivity index is 0.00000124. The minimum absolute atomic E-state index is 0.163. The van der Waals surface area contributed by atoms with E-state index >= 15 is 0 Å². The van der Waals surface area contributed by atoms with Gasteiger partial charge in [0.15, 0.2) is 5.82 Å². The standard InChI is InChI=1S/C17H15F3N6O2.C2H4/c1-26-8-12(16-24-23-15(28-16)11-6-7-21-14(11)27)13(25-26)22-10-4-2-9(3-5-10)17(18,19)20;1-2/h2-5,8,11H,6-7H2,1H3,(H,21,27)(H,22,25);1-2H2/t11-;/m0./s1. The molecule has 2 N–H and O–H groups in total. The largest absolute Gasteiger partial charge is 0.420 e. The maximum absolute atomic E-state index is 12.7. The van der Waals surface area contributed by atoms with Gasteiger partial charge < -0.3 is 15.1 Å². The number of nitrogens with zero attached hydrogens (tertiary/aromatic N) is 4. The number of benzene rings is 1. The minimum atomic E-state index is -4.40.